The number of nitrogen functional groups attached to an aromatic ring is 1. The summed E-state index contributed by atoms with van der Waals surface area (Å²) < 4.78 is 6.98. The van der Waals surface area contributed by atoms with Gasteiger partial charge < -0.3 is 15.0 Å². The van der Waals surface area contributed by atoms with Crippen LogP contribution in [0.4, 0.5) is 5.69 Å². The second kappa shape index (κ2) is 6.20. The van der Waals surface area contributed by atoms with E-state index in [1.54, 1.807) is 35.0 Å². The average molecular weight is 313 g/mol. The van der Waals surface area contributed by atoms with E-state index in [-0.39, 0.29) is 6.61 Å². The topological polar surface area (TPSA) is 57.2 Å². The first kappa shape index (κ1) is 14.8. The Morgan fingerprint density at radius 1 is 1.40 bits per heavy atom. The van der Waals surface area contributed by atoms with Crippen LogP contribution in [0.25, 0.3) is 0 Å². The van der Waals surface area contributed by atoms with Gasteiger partial charge in [0, 0.05) is 18.3 Å². The van der Waals surface area contributed by atoms with Crippen LogP contribution in [0, 0.1) is 0 Å². The molecule has 1 aromatic carbocycles. The molecule has 2 N–H and O–H groups in total. The summed E-state index contributed by atoms with van der Waals surface area (Å²) in [6.45, 7) is 2.62. The van der Waals surface area contributed by atoms with Gasteiger partial charge in [0.1, 0.15) is 12.3 Å². The molecule has 6 heteroatoms. The predicted molar refractivity (Wildman–Crippen MR) is 80.1 cm³/mol. The van der Waals surface area contributed by atoms with Crippen LogP contribution in [-0.2, 0) is 17.9 Å². The molecule has 0 amide bonds. The number of anilines is 1. The standard InChI is InChI=1S/C14H14Cl2N2O2/c1-2-18-7-10(17)6-12(18)14(19)20-8-9-4-3-5-11(15)13(9)16/h3-7H,2,8,17H2,1H3. The first-order chi connectivity index (χ1) is 9.52. The van der Waals surface area contributed by atoms with E-state index in [1.807, 2.05) is 6.92 Å². The smallest absolute Gasteiger partial charge is 0.355 e. The van der Waals surface area contributed by atoms with Gasteiger partial charge in [0.15, 0.2) is 0 Å². The van der Waals surface area contributed by atoms with Crippen LogP contribution in [0.3, 0.4) is 0 Å². The number of rotatable bonds is 4. The fourth-order valence-corrected chi connectivity index (χ4v) is 2.22. The quantitative estimate of drug-likeness (QED) is 0.875. The molecule has 0 aliphatic rings. The van der Waals surface area contributed by atoms with Gasteiger partial charge in [-0.1, -0.05) is 35.3 Å². The molecule has 0 bridgehead atoms. The molecule has 2 aromatic rings. The molecule has 0 fully saturated rings. The van der Waals surface area contributed by atoms with Gasteiger partial charge in [-0.3, -0.25) is 0 Å². The molecule has 0 radical (unpaired) electrons. The van der Waals surface area contributed by atoms with Crippen molar-refractivity contribution in [2.24, 2.45) is 0 Å². The highest BCUT2D eigenvalue weighted by Gasteiger charge is 2.14. The summed E-state index contributed by atoms with van der Waals surface area (Å²) in [7, 11) is 0. The number of benzene rings is 1. The molecule has 0 saturated heterocycles. The lowest BCUT2D eigenvalue weighted by atomic mass is 10.2. The van der Waals surface area contributed by atoms with Crippen molar-refractivity contribution in [1.29, 1.82) is 0 Å². The molecular formula is C14H14Cl2N2O2. The number of hydrogen-bond acceptors (Lipinski definition) is 3. The van der Waals surface area contributed by atoms with E-state index in [9.17, 15) is 4.79 Å². The number of halogens is 2. The molecule has 1 heterocycles. The molecule has 1 aromatic heterocycles. The second-order valence-corrected chi connectivity index (χ2v) is 5.02. The molecule has 20 heavy (non-hydrogen) atoms. The van der Waals surface area contributed by atoms with Gasteiger partial charge in [0.25, 0.3) is 0 Å². The largest absolute Gasteiger partial charge is 0.456 e. The lowest BCUT2D eigenvalue weighted by Gasteiger charge is -2.09. The van der Waals surface area contributed by atoms with Gasteiger partial charge in [0.05, 0.1) is 15.7 Å². The number of nitrogens with two attached hydrogens (primary N) is 1. The van der Waals surface area contributed by atoms with Crippen molar-refractivity contribution in [3.8, 4) is 0 Å². The zero-order valence-corrected chi connectivity index (χ0v) is 12.4. The highest BCUT2D eigenvalue weighted by molar-refractivity contribution is 6.42. The average Bonchev–Trinajstić information content (AvgIpc) is 2.81. The van der Waals surface area contributed by atoms with Gasteiger partial charge in [0.2, 0.25) is 0 Å². The molecule has 0 unspecified atom stereocenters. The van der Waals surface area contributed by atoms with Crippen molar-refractivity contribution in [3.63, 3.8) is 0 Å². The van der Waals surface area contributed by atoms with Crippen LogP contribution >= 0.6 is 23.2 Å². The molecule has 106 valence electrons. The summed E-state index contributed by atoms with van der Waals surface area (Å²) >= 11 is 11.9. The Balaban J connectivity index is 2.10. The maximum atomic E-state index is 12.0. The Kier molecular flexibility index (Phi) is 4.57. The highest BCUT2D eigenvalue weighted by Crippen LogP contribution is 2.26. The molecule has 4 nitrogen and oxygen atoms in total. The van der Waals surface area contributed by atoms with Crippen LogP contribution in [0.1, 0.15) is 23.0 Å². The van der Waals surface area contributed by atoms with Crippen molar-refractivity contribution in [2.75, 3.05) is 5.73 Å². The molecule has 0 spiro atoms. The molecule has 2 rings (SSSR count). The van der Waals surface area contributed by atoms with E-state index in [0.29, 0.717) is 33.5 Å². The summed E-state index contributed by atoms with van der Waals surface area (Å²) in [6, 6.07) is 6.78. The SMILES string of the molecule is CCn1cc(N)cc1C(=O)OCc1cccc(Cl)c1Cl. The number of carbonyl (C=O) groups excluding carboxylic acids is 1. The third-order valence-corrected chi connectivity index (χ3v) is 3.72. The first-order valence-corrected chi connectivity index (χ1v) is 6.84. The number of aryl methyl sites for hydroxylation is 1. The molecule has 0 atom stereocenters. The van der Waals surface area contributed by atoms with Gasteiger partial charge >= 0.3 is 5.97 Å². The lowest BCUT2D eigenvalue weighted by Crippen LogP contribution is -2.11. The Hall–Kier alpha value is -1.65. The Bertz CT molecular complexity index is 638. The van der Waals surface area contributed by atoms with Gasteiger partial charge in [-0.2, -0.15) is 0 Å². The number of esters is 1. The summed E-state index contributed by atoms with van der Waals surface area (Å²) in [5.41, 5.74) is 7.29. The fourth-order valence-electron chi connectivity index (χ4n) is 1.84. The van der Waals surface area contributed by atoms with E-state index >= 15 is 0 Å². The Morgan fingerprint density at radius 2 is 2.15 bits per heavy atom. The highest BCUT2D eigenvalue weighted by atomic mass is 35.5. The van der Waals surface area contributed by atoms with Crippen molar-refractivity contribution in [1.82, 2.24) is 4.57 Å². The van der Waals surface area contributed by atoms with E-state index < -0.39 is 5.97 Å². The monoisotopic (exact) mass is 312 g/mol. The summed E-state index contributed by atoms with van der Waals surface area (Å²) in [6.07, 6.45) is 1.70. The minimum atomic E-state index is -0.445. The summed E-state index contributed by atoms with van der Waals surface area (Å²) in [5, 5.41) is 0.828. The van der Waals surface area contributed by atoms with Crippen LogP contribution in [0.5, 0.6) is 0 Å². The zero-order chi connectivity index (χ0) is 14.7. The number of nitrogens with zero attached hydrogens (tertiary/aromatic N) is 1. The molecular weight excluding hydrogens is 299 g/mol. The maximum Gasteiger partial charge on any atom is 0.355 e. The second-order valence-electron chi connectivity index (χ2n) is 4.23. The van der Waals surface area contributed by atoms with Crippen molar-refractivity contribution in [3.05, 3.63) is 51.8 Å². The molecule has 0 saturated carbocycles. The third-order valence-electron chi connectivity index (χ3n) is 2.86. The zero-order valence-electron chi connectivity index (χ0n) is 10.9. The van der Waals surface area contributed by atoms with Gasteiger partial charge in [-0.15, -0.1) is 0 Å². The minimum Gasteiger partial charge on any atom is -0.456 e. The Labute approximate surface area is 127 Å². The molecule has 0 aliphatic carbocycles. The van der Waals surface area contributed by atoms with E-state index in [0.717, 1.165) is 0 Å². The number of ether oxygens (including phenoxy) is 1. The number of carbonyl (C=O) groups is 1. The maximum absolute atomic E-state index is 12.0. The van der Waals surface area contributed by atoms with Gasteiger partial charge in [-0.25, -0.2) is 4.79 Å². The van der Waals surface area contributed by atoms with Crippen LogP contribution in [0.2, 0.25) is 10.0 Å². The number of hydrogen-bond donors (Lipinski definition) is 1. The number of aromatic nitrogens is 1. The van der Waals surface area contributed by atoms with Crippen molar-refractivity contribution < 1.29 is 9.53 Å². The van der Waals surface area contributed by atoms with Gasteiger partial charge in [-0.05, 0) is 19.1 Å². The normalized spacial score (nSPS) is 10.6. The third kappa shape index (κ3) is 3.08. The van der Waals surface area contributed by atoms with E-state index in [2.05, 4.69) is 0 Å². The summed E-state index contributed by atoms with van der Waals surface area (Å²) in [4.78, 5) is 12.0. The lowest BCUT2D eigenvalue weighted by molar-refractivity contribution is 0.0460. The van der Waals surface area contributed by atoms with Crippen LogP contribution in [0.15, 0.2) is 30.5 Å². The van der Waals surface area contributed by atoms with E-state index in [1.165, 1.54) is 0 Å². The predicted octanol–water partition coefficient (Wildman–Crippen LogP) is 3.75. The molecule has 0 aliphatic heterocycles. The van der Waals surface area contributed by atoms with Crippen LogP contribution in [-0.4, -0.2) is 10.5 Å². The van der Waals surface area contributed by atoms with Crippen molar-refractivity contribution >= 4 is 34.9 Å². The summed E-state index contributed by atoms with van der Waals surface area (Å²) in [5.74, 6) is -0.445. The first-order valence-electron chi connectivity index (χ1n) is 6.08. The Morgan fingerprint density at radius 3 is 2.85 bits per heavy atom. The minimum absolute atomic E-state index is 0.0625. The van der Waals surface area contributed by atoms with Crippen LogP contribution < -0.4 is 5.73 Å². The fraction of sp³-hybridized carbons (Fsp3) is 0.214. The van der Waals surface area contributed by atoms with E-state index in [4.69, 9.17) is 33.7 Å². The van der Waals surface area contributed by atoms with Crippen molar-refractivity contribution in [2.45, 2.75) is 20.1 Å².